The van der Waals surface area contributed by atoms with Crippen LogP contribution in [0.4, 0.5) is 0 Å². The van der Waals surface area contributed by atoms with E-state index in [0.717, 1.165) is 17.0 Å². The second kappa shape index (κ2) is 6.49. The average Bonchev–Trinajstić information content (AvgIpc) is 2.33. The molecule has 0 bridgehead atoms. The molecule has 2 rings (SSSR count). The van der Waals surface area contributed by atoms with Gasteiger partial charge in [0, 0.05) is 16.9 Å². The van der Waals surface area contributed by atoms with E-state index < -0.39 is 0 Å². The zero-order chi connectivity index (χ0) is 14.8. The minimum atomic E-state index is 0.387. The highest BCUT2D eigenvalue weighted by Gasteiger charge is 2.48. The Bertz CT molecular complexity index is 418. The van der Waals surface area contributed by atoms with E-state index in [0.29, 0.717) is 5.41 Å². The smallest absolute Gasteiger partial charge is 0.0968 e. The lowest BCUT2D eigenvalue weighted by Crippen LogP contribution is -3.12. The van der Waals surface area contributed by atoms with Crippen LogP contribution in [0, 0.1) is 5.92 Å². The first-order valence-corrected chi connectivity index (χ1v) is 8.39. The number of likely N-dealkylation sites (N-methyl/N-ethyl adjacent to an activating group) is 1. The van der Waals surface area contributed by atoms with Gasteiger partial charge in [-0.2, -0.15) is 0 Å². The van der Waals surface area contributed by atoms with E-state index >= 15 is 0 Å². The molecule has 0 radical (unpaired) electrons. The molecule has 1 nitrogen and oxygen atoms in total. The van der Waals surface area contributed by atoms with Gasteiger partial charge >= 0.3 is 0 Å². The van der Waals surface area contributed by atoms with Gasteiger partial charge in [0.15, 0.2) is 0 Å². The molecule has 1 N–H and O–H groups in total. The second-order valence-corrected chi connectivity index (χ2v) is 7.55. The average molecular weight is 295 g/mol. The fourth-order valence-electron chi connectivity index (χ4n) is 3.80. The SMILES string of the molecule is CC(C)CC[C@@H]([NH+](C)C)C1(c2ccc(Cl)cc2)CCC1. The Morgan fingerprint density at radius 1 is 1.10 bits per heavy atom. The van der Waals surface area contributed by atoms with Crippen LogP contribution >= 0.6 is 11.6 Å². The van der Waals surface area contributed by atoms with Crippen molar-refractivity contribution in [2.45, 2.75) is 57.4 Å². The lowest BCUT2D eigenvalue weighted by Gasteiger charge is -2.48. The molecule has 2 heteroatoms. The summed E-state index contributed by atoms with van der Waals surface area (Å²) in [5, 5.41) is 0.846. The van der Waals surface area contributed by atoms with Gasteiger partial charge in [-0.3, -0.25) is 0 Å². The van der Waals surface area contributed by atoms with Crippen LogP contribution in [-0.4, -0.2) is 20.1 Å². The van der Waals surface area contributed by atoms with E-state index in [4.69, 9.17) is 11.6 Å². The van der Waals surface area contributed by atoms with Gasteiger partial charge in [0.25, 0.3) is 0 Å². The summed E-state index contributed by atoms with van der Waals surface area (Å²) in [6.07, 6.45) is 6.69. The van der Waals surface area contributed by atoms with Crippen LogP contribution in [0.25, 0.3) is 0 Å². The maximum atomic E-state index is 6.06. The Hall–Kier alpha value is -0.530. The molecule has 0 saturated heterocycles. The Balaban J connectivity index is 2.24. The van der Waals surface area contributed by atoms with E-state index in [-0.39, 0.29) is 0 Å². The summed E-state index contributed by atoms with van der Waals surface area (Å²) in [5.41, 5.74) is 1.89. The van der Waals surface area contributed by atoms with Crippen molar-refractivity contribution in [1.29, 1.82) is 0 Å². The zero-order valence-corrected chi connectivity index (χ0v) is 14.1. The highest BCUT2D eigenvalue weighted by Crippen LogP contribution is 2.47. The normalized spacial score (nSPS) is 19.1. The Labute approximate surface area is 129 Å². The second-order valence-electron chi connectivity index (χ2n) is 7.12. The minimum Gasteiger partial charge on any atom is -0.337 e. The molecule has 0 unspecified atom stereocenters. The first-order valence-electron chi connectivity index (χ1n) is 8.02. The Kier molecular flexibility index (Phi) is 5.14. The first-order chi connectivity index (χ1) is 9.45. The lowest BCUT2D eigenvalue weighted by atomic mass is 9.59. The standard InChI is InChI=1S/C18H28ClN/c1-14(2)6-11-17(20(3)4)18(12-5-13-18)15-7-9-16(19)10-8-15/h7-10,14,17H,5-6,11-13H2,1-4H3/p+1/t17-/m1/s1. The van der Waals surface area contributed by atoms with Crippen molar-refractivity contribution < 1.29 is 4.90 Å². The van der Waals surface area contributed by atoms with Gasteiger partial charge in [0.05, 0.1) is 20.1 Å². The third kappa shape index (κ3) is 3.20. The fraction of sp³-hybridized carbons (Fsp3) is 0.667. The summed E-state index contributed by atoms with van der Waals surface area (Å²) in [7, 11) is 4.64. The van der Waals surface area contributed by atoms with Crippen LogP contribution in [0.5, 0.6) is 0 Å². The van der Waals surface area contributed by atoms with E-state index in [9.17, 15) is 0 Å². The molecule has 1 aromatic rings. The monoisotopic (exact) mass is 294 g/mol. The molecule has 0 heterocycles. The molecule has 0 aromatic heterocycles. The molecule has 0 aliphatic heterocycles. The summed E-state index contributed by atoms with van der Waals surface area (Å²) >= 11 is 6.06. The van der Waals surface area contributed by atoms with Crippen LogP contribution in [-0.2, 0) is 5.41 Å². The van der Waals surface area contributed by atoms with Crippen LogP contribution in [0.3, 0.4) is 0 Å². The van der Waals surface area contributed by atoms with Crippen LogP contribution in [0.2, 0.25) is 5.02 Å². The zero-order valence-electron chi connectivity index (χ0n) is 13.4. The largest absolute Gasteiger partial charge is 0.337 e. The van der Waals surface area contributed by atoms with Crippen LogP contribution in [0.15, 0.2) is 24.3 Å². The van der Waals surface area contributed by atoms with E-state index in [1.807, 2.05) is 0 Å². The third-order valence-corrected chi connectivity index (χ3v) is 5.31. The van der Waals surface area contributed by atoms with E-state index in [2.05, 4.69) is 52.2 Å². The van der Waals surface area contributed by atoms with Crippen molar-refractivity contribution in [1.82, 2.24) is 0 Å². The summed E-state index contributed by atoms with van der Waals surface area (Å²) in [5.74, 6) is 0.791. The van der Waals surface area contributed by atoms with E-state index in [1.54, 1.807) is 4.90 Å². The van der Waals surface area contributed by atoms with Gasteiger partial charge in [0.2, 0.25) is 0 Å². The van der Waals surface area contributed by atoms with Gasteiger partial charge in [-0.1, -0.05) is 44.0 Å². The van der Waals surface area contributed by atoms with Gasteiger partial charge < -0.3 is 4.90 Å². The van der Waals surface area contributed by atoms with Crippen molar-refractivity contribution in [3.8, 4) is 0 Å². The topological polar surface area (TPSA) is 4.44 Å². The van der Waals surface area contributed by atoms with Gasteiger partial charge in [0.1, 0.15) is 0 Å². The molecule has 1 fully saturated rings. The maximum absolute atomic E-state index is 6.06. The predicted octanol–water partition coefficient (Wildman–Crippen LogP) is 3.71. The minimum absolute atomic E-state index is 0.387. The van der Waals surface area contributed by atoms with Gasteiger partial charge in [-0.05, 0) is 42.9 Å². The predicted molar refractivity (Wildman–Crippen MR) is 87.7 cm³/mol. The van der Waals surface area contributed by atoms with Gasteiger partial charge in [-0.15, -0.1) is 0 Å². The summed E-state index contributed by atoms with van der Waals surface area (Å²) < 4.78 is 0. The Morgan fingerprint density at radius 3 is 2.10 bits per heavy atom. The van der Waals surface area contributed by atoms with E-state index in [1.165, 1.54) is 37.7 Å². The van der Waals surface area contributed by atoms with Crippen LogP contribution < -0.4 is 4.90 Å². The van der Waals surface area contributed by atoms with Crippen molar-refractivity contribution in [2.75, 3.05) is 14.1 Å². The number of halogens is 1. The highest BCUT2D eigenvalue weighted by molar-refractivity contribution is 6.30. The molecule has 1 atom stereocenters. The molecule has 20 heavy (non-hydrogen) atoms. The molecular weight excluding hydrogens is 266 g/mol. The number of quaternary nitrogens is 1. The summed E-state index contributed by atoms with van der Waals surface area (Å²) in [6.45, 7) is 4.66. The molecule has 1 aliphatic carbocycles. The first kappa shape index (κ1) is 15.9. The molecule has 0 amide bonds. The van der Waals surface area contributed by atoms with Crippen molar-refractivity contribution >= 4 is 11.6 Å². The van der Waals surface area contributed by atoms with Crippen molar-refractivity contribution in [3.63, 3.8) is 0 Å². The molecule has 1 saturated carbocycles. The number of hydrogen-bond donors (Lipinski definition) is 1. The molecule has 112 valence electrons. The highest BCUT2D eigenvalue weighted by atomic mass is 35.5. The molecule has 1 aromatic carbocycles. The number of rotatable bonds is 6. The van der Waals surface area contributed by atoms with Gasteiger partial charge in [-0.25, -0.2) is 0 Å². The lowest BCUT2D eigenvalue weighted by molar-refractivity contribution is -0.893. The summed E-state index contributed by atoms with van der Waals surface area (Å²) in [6, 6.07) is 9.35. The number of hydrogen-bond acceptors (Lipinski definition) is 0. The summed E-state index contributed by atoms with van der Waals surface area (Å²) in [4.78, 5) is 1.60. The fourth-order valence-corrected chi connectivity index (χ4v) is 3.92. The molecule has 1 aliphatic rings. The number of benzene rings is 1. The molecule has 0 spiro atoms. The van der Waals surface area contributed by atoms with Crippen molar-refractivity contribution in [2.24, 2.45) is 5.92 Å². The third-order valence-electron chi connectivity index (χ3n) is 5.06. The van der Waals surface area contributed by atoms with Crippen LogP contribution in [0.1, 0.15) is 51.5 Å². The quantitative estimate of drug-likeness (QED) is 0.816. The maximum Gasteiger partial charge on any atom is 0.0968 e. The number of nitrogens with one attached hydrogen (secondary N) is 1. The molecular formula is C18H29ClN+. The Morgan fingerprint density at radius 2 is 1.70 bits per heavy atom. The van der Waals surface area contributed by atoms with Crippen molar-refractivity contribution in [3.05, 3.63) is 34.9 Å².